The number of ether oxygens (including phenoxy) is 1. The molecule has 0 aliphatic heterocycles. The normalized spacial score (nSPS) is 10.3. The minimum Gasteiger partial charge on any atom is -0.493 e. The molecule has 4 heteroatoms. The SMILES string of the molecule is Nc1ccc(SCCOc2cccc(Cl)c2)cc1. The lowest BCUT2D eigenvalue weighted by Crippen LogP contribution is -1.99. The maximum Gasteiger partial charge on any atom is 0.120 e. The second-order valence-corrected chi connectivity index (χ2v) is 5.33. The Morgan fingerprint density at radius 1 is 1.11 bits per heavy atom. The largest absolute Gasteiger partial charge is 0.493 e. The molecular formula is C14H14ClNOS. The van der Waals surface area contributed by atoms with Crippen molar-refractivity contribution in [3.8, 4) is 5.75 Å². The highest BCUT2D eigenvalue weighted by Crippen LogP contribution is 2.20. The summed E-state index contributed by atoms with van der Waals surface area (Å²) < 4.78 is 5.60. The van der Waals surface area contributed by atoms with E-state index in [4.69, 9.17) is 22.1 Å². The summed E-state index contributed by atoms with van der Waals surface area (Å²) in [6, 6.07) is 15.3. The Kier molecular flexibility index (Phi) is 4.79. The number of anilines is 1. The van der Waals surface area contributed by atoms with Gasteiger partial charge in [0.25, 0.3) is 0 Å². The molecule has 0 bridgehead atoms. The van der Waals surface area contributed by atoms with E-state index in [0.717, 1.165) is 17.2 Å². The summed E-state index contributed by atoms with van der Waals surface area (Å²) in [5.74, 6) is 1.69. The molecule has 0 atom stereocenters. The van der Waals surface area contributed by atoms with Gasteiger partial charge in [0.15, 0.2) is 0 Å². The first-order valence-corrected chi connectivity index (χ1v) is 6.97. The van der Waals surface area contributed by atoms with Crippen LogP contribution in [0.25, 0.3) is 0 Å². The molecule has 2 aromatic carbocycles. The first kappa shape index (κ1) is 13.1. The smallest absolute Gasteiger partial charge is 0.120 e. The van der Waals surface area contributed by atoms with Gasteiger partial charge in [-0.2, -0.15) is 0 Å². The molecule has 2 N–H and O–H groups in total. The summed E-state index contributed by atoms with van der Waals surface area (Å²) >= 11 is 7.61. The molecule has 18 heavy (non-hydrogen) atoms. The van der Waals surface area contributed by atoms with Gasteiger partial charge in [0.1, 0.15) is 5.75 Å². The fraction of sp³-hybridized carbons (Fsp3) is 0.143. The van der Waals surface area contributed by atoms with Crippen molar-refractivity contribution in [2.24, 2.45) is 0 Å². The van der Waals surface area contributed by atoms with Gasteiger partial charge in [-0.3, -0.25) is 0 Å². The van der Waals surface area contributed by atoms with Crippen LogP contribution in [0.5, 0.6) is 5.75 Å². The second kappa shape index (κ2) is 6.57. The Hall–Kier alpha value is -1.32. The van der Waals surface area contributed by atoms with Gasteiger partial charge in [-0.25, -0.2) is 0 Å². The van der Waals surface area contributed by atoms with E-state index in [-0.39, 0.29) is 0 Å². The monoisotopic (exact) mass is 279 g/mol. The number of benzene rings is 2. The highest BCUT2D eigenvalue weighted by Gasteiger charge is 1.97. The van der Waals surface area contributed by atoms with E-state index in [1.807, 2.05) is 48.5 Å². The van der Waals surface area contributed by atoms with Crippen molar-refractivity contribution in [2.45, 2.75) is 4.90 Å². The molecular weight excluding hydrogens is 266 g/mol. The van der Waals surface area contributed by atoms with Crippen LogP contribution < -0.4 is 10.5 Å². The van der Waals surface area contributed by atoms with Crippen molar-refractivity contribution in [2.75, 3.05) is 18.1 Å². The molecule has 0 unspecified atom stereocenters. The molecule has 0 radical (unpaired) electrons. The number of hydrogen-bond acceptors (Lipinski definition) is 3. The highest BCUT2D eigenvalue weighted by molar-refractivity contribution is 7.99. The summed E-state index contributed by atoms with van der Waals surface area (Å²) in [5.41, 5.74) is 6.41. The molecule has 0 spiro atoms. The van der Waals surface area contributed by atoms with Crippen LogP contribution in [0.4, 0.5) is 5.69 Å². The van der Waals surface area contributed by atoms with Gasteiger partial charge in [-0.05, 0) is 42.5 Å². The van der Waals surface area contributed by atoms with Crippen molar-refractivity contribution in [1.82, 2.24) is 0 Å². The van der Waals surface area contributed by atoms with E-state index in [1.165, 1.54) is 4.90 Å². The first-order valence-electron chi connectivity index (χ1n) is 5.61. The third-order valence-corrected chi connectivity index (χ3v) is 3.51. The summed E-state index contributed by atoms with van der Waals surface area (Å²) in [5, 5.41) is 0.693. The molecule has 0 aliphatic carbocycles. The molecule has 0 saturated carbocycles. The molecule has 2 nitrogen and oxygen atoms in total. The van der Waals surface area contributed by atoms with Crippen LogP contribution in [0.3, 0.4) is 0 Å². The van der Waals surface area contributed by atoms with Crippen molar-refractivity contribution >= 4 is 29.1 Å². The van der Waals surface area contributed by atoms with Crippen LogP contribution >= 0.6 is 23.4 Å². The van der Waals surface area contributed by atoms with Crippen LogP contribution in [-0.4, -0.2) is 12.4 Å². The summed E-state index contributed by atoms with van der Waals surface area (Å²) in [6.07, 6.45) is 0. The minimum atomic E-state index is 0.648. The van der Waals surface area contributed by atoms with Crippen LogP contribution in [-0.2, 0) is 0 Å². The molecule has 2 aromatic rings. The lowest BCUT2D eigenvalue weighted by atomic mass is 10.3. The maximum absolute atomic E-state index is 5.87. The van der Waals surface area contributed by atoms with Gasteiger partial charge in [0.2, 0.25) is 0 Å². The quantitative estimate of drug-likeness (QED) is 0.509. The van der Waals surface area contributed by atoms with Crippen LogP contribution in [0.1, 0.15) is 0 Å². The van der Waals surface area contributed by atoms with Gasteiger partial charge in [-0.15, -0.1) is 11.8 Å². The Morgan fingerprint density at radius 2 is 1.89 bits per heavy atom. The average Bonchev–Trinajstić information content (AvgIpc) is 2.37. The number of hydrogen-bond donors (Lipinski definition) is 1. The number of halogens is 1. The predicted molar refractivity (Wildman–Crippen MR) is 78.5 cm³/mol. The van der Waals surface area contributed by atoms with E-state index < -0.39 is 0 Å². The highest BCUT2D eigenvalue weighted by atomic mass is 35.5. The summed E-state index contributed by atoms with van der Waals surface area (Å²) in [7, 11) is 0. The zero-order valence-corrected chi connectivity index (χ0v) is 11.4. The zero-order chi connectivity index (χ0) is 12.8. The Bertz CT molecular complexity index is 501. The fourth-order valence-electron chi connectivity index (χ4n) is 1.44. The van der Waals surface area contributed by atoms with Gasteiger partial charge in [0.05, 0.1) is 6.61 Å². The molecule has 0 heterocycles. The average molecular weight is 280 g/mol. The third-order valence-electron chi connectivity index (χ3n) is 2.30. The van der Waals surface area contributed by atoms with E-state index in [1.54, 1.807) is 11.8 Å². The zero-order valence-electron chi connectivity index (χ0n) is 9.80. The third kappa shape index (κ3) is 4.17. The maximum atomic E-state index is 5.87. The van der Waals surface area contributed by atoms with E-state index in [9.17, 15) is 0 Å². The molecule has 94 valence electrons. The number of thioether (sulfide) groups is 1. The first-order chi connectivity index (χ1) is 8.74. The van der Waals surface area contributed by atoms with Crippen molar-refractivity contribution in [1.29, 1.82) is 0 Å². The van der Waals surface area contributed by atoms with Gasteiger partial charge < -0.3 is 10.5 Å². The predicted octanol–water partition coefficient (Wildman–Crippen LogP) is 4.09. The van der Waals surface area contributed by atoms with Gasteiger partial charge in [-0.1, -0.05) is 17.7 Å². The fourth-order valence-corrected chi connectivity index (χ4v) is 2.35. The molecule has 0 fully saturated rings. The molecule has 2 rings (SSSR count). The van der Waals surface area contributed by atoms with Crippen molar-refractivity contribution in [3.05, 3.63) is 53.6 Å². The van der Waals surface area contributed by atoms with Crippen molar-refractivity contribution < 1.29 is 4.74 Å². The standard InChI is InChI=1S/C14H14ClNOS/c15-11-2-1-3-13(10-11)17-8-9-18-14-6-4-12(16)5-7-14/h1-7,10H,8-9,16H2. The Morgan fingerprint density at radius 3 is 2.61 bits per heavy atom. The van der Waals surface area contributed by atoms with Crippen LogP contribution in [0.2, 0.25) is 5.02 Å². The van der Waals surface area contributed by atoms with E-state index in [0.29, 0.717) is 11.6 Å². The second-order valence-electron chi connectivity index (χ2n) is 3.72. The topological polar surface area (TPSA) is 35.2 Å². The molecule has 0 saturated heterocycles. The summed E-state index contributed by atoms with van der Waals surface area (Å²) in [4.78, 5) is 1.19. The van der Waals surface area contributed by atoms with E-state index >= 15 is 0 Å². The van der Waals surface area contributed by atoms with Crippen LogP contribution in [0.15, 0.2) is 53.4 Å². The lowest BCUT2D eigenvalue weighted by molar-refractivity contribution is 0.344. The van der Waals surface area contributed by atoms with Crippen molar-refractivity contribution in [3.63, 3.8) is 0 Å². The van der Waals surface area contributed by atoms with Gasteiger partial charge in [0, 0.05) is 21.4 Å². The molecule has 0 aliphatic rings. The summed E-state index contributed by atoms with van der Waals surface area (Å²) in [6.45, 7) is 0.648. The Labute approximate surface area is 116 Å². The van der Waals surface area contributed by atoms with Gasteiger partial charge >= 0.3 is 0 Å². The number of rotatable bonds is 5. The van der Waals surface area contributed by atoms with Crippen LogP contribution in [0, 0.1) is 0 Å². The number of nitrogens with two attached hydrogens (primary N) is 1. The Balaban J connectivity index is 1.74. The minimum absolute atomic E-state index is 0.648. The van der Waals surface area contributed by atoms with E-state index in [2.05, 4.69) is 0 Å². The molecule has 0 amide bonds. The number of nitrogen functional groups attached to an aromatic ring is 1. The molecule has 0 aromatic heterocycles. The lowest BCUT2D eigenvalue weighted by Gasteiger charge is -2.06.